The topological polar surface area (TPSA) is 62.7 Å². The molecule has 0 bridgehead atoms. The lowest BCUT2D eigenvalue weighted by Crippen LogP contribution is -2.47. The number of aromatic nitrogens is 1. The highest BCUT2D eigenvalue weighted by Gasteiger charge is 2.35. The van der Waals surface area contributed by atoms with Crippen LogP contribution in [0.3, 0.4) is 0 Å². The lowest BCUT2D eigenvalue weighted by atomic mass is 10.0. The van der Waals surface area contributed by atoms with Crippen LogP contribution in [0, 0.1) is 6.92 Å². The van der Waals surface area contributed by atoms with Gasteiger partial charge in [0.2, 0.25) is 5.79 Å². The van der Waals surface area contributed by atoms with E-state index in [0.717, 1.165) is 11.4 Å². The van der Waals surface area contributed by atoms with Crippen molar-refractivity contribution >= 4 is 11.8 Å². The summed E-state index contributed by atoms with van der Waals surface area (Å²) in [6, 6.07) is 3.91. The van der Waals surface area contributed by atoms with Crippen LogP contribution < -0.4 is 4.90 Å². The highest BCUT2D eigenvalue weighted by atomic mass is 16.7. The Morgan fingerprint density at radius 2 is 2.17 bits per heavy atom. The highest BCUT2D eigenvalue weighted by Crippen LogP contribution is 2.27. The van der Waals surface area contributed by atoms with Gasteiger partial charge in [-0.25, -0.2) is 4.98 Å². The molecule has 1 aromatic rings. The molecule has 1 saturated heterocycles. The normalized spacial score (nSPS) is 18.5. The van der Waals surface area contributed by atoms with Crippen LogP contribution in [0.25, 0.3) is 0 Å². The van der Waals surface area contributed by atoms with E-state index in [2.05, 4.69) is 9.88 Å². The number of carbonyl (C=O) groups excluding carboxylic acids is 1. The van der Waals surface area contributed by atoms with Crippen LogP contribution in [-0.4, -0.2) is 34.9 Å². The maximum atomic E-state index is 10.9. The monoisotopic (exact) mass is 250 g/mol. The van der Waals surface area contributed by atoms with Gasteiger partial charge in [0.1, 0.15) is 5.82 Å². The summed E-state index contributed by atoms with van der Waals surface area (Å²) < 4.78 is 4.96. The summed E-state index contributed by atoms with van der Waals surface area (Å²) in [7, 11) is 0. The molecule has 0 spiro atoms. The molecule has 0 amide bonds. The summed E-state index contributed by atoms with van der Waals surface area (Å²) >= 11 is 0. The molecule has 1 aliphatic rings. The number of anilines is 1. The summed E-state index contributed by atoms with van der Waals surface area (Å²) in [5.74, 6) is -0.826. The van der Waals surface area contributed by atoms with Crippen LogP contribution in [0.2, 0.25) is 0 Å². The number of piperidine rings is 1. The van der Waals surface area contributed by atoms with Crippen molar-refractivity contribution in [2.24, 2.45) is 0 Å². The second-order valence-corrected chi connectivity index (χ2v) is 4.67. The molecule has 0 unspecified atom stereocenters. The molecule has 0 atom stereocenters. The van der Waals surface area contributed by atoms with Gasteiger partial charge >= 0.3 is 5.97 Å². The smallest absolute Gasteiger partial charge is 0.305 e. The lowest BCUT2D eigenvalue weighted by Gasteiger charge is -2.38. The van der Waals surface area contributed by atoms with Crippen LogP contribution in [0.1, 0.15) is 25.3 Å². The molecule has 1 aliphatic heterocycles. The number of hydrogen-bond donors (Lipinski definition) is 1. The second-order valence-electron chi connectivity index (χ2n) is 4.67. The van der Waals surface area contributed by atoms with Gasteiger partial charge in [-0.15, -0.1) is 0 Å². The number of carbonyl (C=O) groups is 1. The van der Waals surface area contributed by atoms with E-state index in [1.54, 1.807) is 6.20 Å². The summed E-state index contributed by atoms with van der Waals surface area (Å²) in [4.78, 5) is 17.4. The van der Waals surface area contributed by atoms with Crippen molar-refractivity contribution in [1.82, 2.24) is 4.98 Å². The molecule has 1 fully saturated rings. The van der Waals surface area contributed by atoms with Gasteiger partial charge in [-0.05, 0) is 18.6 Å². The number of pyridine rings is 1. The summed E-state index contributed by atoms with van der Waals surface area (Å²) in [6.07, 6.45) is 2.57. The molecular formula is C13H18N2O3. The molecule has 1 N–H and O–H groups in total. The first kappa shape index (κ1) is 12.8. The maximum Gasteiger partial charge on any atom is 0.305 e. The lowest BCUT2D eigenvalue weighted by molar-refractivity contribution is -0.214. The van der Waals surface area contributed by atoms with E-state index >= 15 is 0 Å². The van der Waals surface area contributed by atoms with Gasteiger partial charge < -0.3 is 14.7 Å². The molecule has 2 rings (SSSR count). The Labute approximate surface area is 106 Å². The fourth-order valence-corrected chi connectivity index (χ4v) is 2.25. The van der Waals surface area contributed by atoms with Gasteiger partial charge in [-0.1, -0.05) is 6.07 Å². The van der Waals surface area contributed by atoms with Crippen molar-refractivity contribution in [2.45, 2.75) is 32.5 Å². The molecule has 0 aliphatic carbocycles. The minimum atomic E-state index is -1.31. The van der Waals surface area contributed by atoms with Crippen molar-refractivity contribution in [3.63, 3.8) is 0 Å². The molecule has 5 heteroatoms. The third-order valence-corrected chi connectivity index (χ3v) is 3.16. The zero-order valence-corrected chi connectivity index (χ0v) is 10.7. The van der Waals surface area contributed by atoms with Gasteiger partial charge in [0.05, 0.1) is 0 Å². The zero-order chi connectivity index (χ0) is 13.2. The molecular weight excluding hydrogens is 232 g/mol. The predicted molar refractivity (Wildman–Crippen MR) is 67.1 cm³/mol. The number of rotatable bonds is 2. The Bertz CT molecular complexity index is 440. The number of esters is 1. The minimum Gasteiger partial charge on any atom is -0.433 e. The molecule has 0 radical (unpaired) electrons. The van der Waals surface area contributed by atoms with Gasteiger partial charge in [0, 0.05) is 39.1 Å². The van der Waals surface area contributed by atoms with Gasteiger partial charge in [0.25, 0.3) is 0 Å². The van der Waals surface area contributed by atoms with Crippen LogP contribution in [-0.2, 0) is 9.53 Å². The molecule has 0 aromatic carbocycles. The van der Waals surface area contributed by atoms with Crippen molar-refractivity contribution < 1.29 is 14.6 Å². The molecule has 0 saturated carbocycles. The largest absolute Gasteiger partial charge is 0.433 e. The van der Waals surface area contributed by atoms with E-state index in [1.807, 2.05) is 19.1 Å². The first-order valence-electron chi connectivity index (χ1n) is 6.09. The Balaban J connectivity index is 2.03. The third kappa shape index (κ3) is 2.79. The van der Waals surface area contributed by atoms with E-state index in [1.165, 1.54) is 6.92 Å². The fourth-order valence-electron chi connectivity index (χ4n) is 2.25. The first-order chi connectivity index (χ1) is 8.50. The van der Waals surface area contributed by atoms with Crippen LogP contribution >= 0.6 is 0 Å². The Morgan fingerprint density at radius 3 is 2.72 bits per heavy atom. The van der Waals surface area contributed by atoms with Gasteiger partial charge in [-0.3, -0.25) is 4.79 Å². The zero-order valence-electron chi connectivity index (χ0n) is 10.7. The maximum absolute atomic E-state index is 10.9. The summed E-state index contributed by atoms with van der Waals surface area (Å²) in [5.41, 5.74) is 1.11. The third-order valence-electron chi connectivity index (χ3n) is 3.16. The molecule has 1 aromatic heterocycles. The van der Waals surface area contributed by atoms with E-state index in [9.17, 15) is 9.90 Å². The average Bonchev–Trinajstić information content (AvgIpc) is 2.30. The average molecular weight is 250 g/mol. The SMILES string of the molecule is CC(=O)OC1(O)CCN(c2ncccc2C)CC1. The van der Waals surface area contributed by atoms with E-state index < -0.39 is 11.8 Å². The van der Waals surface area contributed by atoms with Crippen LogP contribution in [0.4, 0.5) is 5.82 Å². The van der Waals surface area contributed by atoms with Crippen LogP contribution in [0.5, 0.6) is 0 Å². The van der Waals surface area contributed by atoms with Crippen LogP contribution in [0.15, 0.2) is 18.3 Å². The Hall–Kier alpha value is -1.62. The minimum absolute atomic E-state index is 0.405. The summed E-state index contributed by atoms with van der Waals surface area (Å²) in [6.45, 7) is 4.58. The number of aliphatic hydroxyl groups is 1. The van der Waals surface area contributed by atoms with E-state index in [0.29, 0.717) is 25.9 Å². The first-order valence-corrected chi connectivity index (χ1v) is 6.09. The molecule has 18 heavy (non-hydrogen) atoms. The number of aryl methyl sites for hydroxylation is 1. The standard InChI is InChI=1S/C13H18N2O3/c1-10-4-3-7-14-12(10)15-8-5-13(17,6-9-15)18-11(2)16/h3-4,7,17H,5-6,8-9H2,1-2H3. The van der Waals surface area contributed by atoms with E-state index in [-0.39, 0.29) is 0 Å². The van der Waals surface area contributed by atoms with Crippen molar-refractivity contribution in [3.8, 4) is 0 Å². The molecule has 5 nitrogen and oxygen atoms in total. The number of hydrogen-bond acceptors (Lipinski definition) is 5. The molecule has 98 valence electrons. The Morgan fingerprint density at radius 1 is 1.50 bits per heavy atom. The van der Waals surface area contributed by atoms with Crippen molar-refractivity contribution in [2.75, 3.05) is 18.0 Å². The Kier molecular flexibility index (Phi) is 3.52. The van der Waals surface area contributed by atoms with Gasteiger partial charge in [-0.2, -0.15) is 0 Å². The molecule has 2 heterocycles. The summed E-state index contributed by atoms with van der Waals surface area (Å²) in [5, 5.41) is 10.1. The highest BCUT2D eigenvalue weighted by molar-refractivity contribution is 5.66. The quantitative estimate of drug-likeness (QED) is 0.632. The number of ether oxygens (including phenoxy) is 1. The predicted octanol–water partition coefficient (Wildman–Crippen LogP) is 1.24. The van der Waals surface area contributed by atoms with E-state index in [4.69, 9.17) is 4.74 Å². The van der Waals surface area contributed by atoms with Crippen molar-refractivity contribution in [3.05, 3.63) is 23.9 Å². The number of nitrogens with zero attached hydrogens (tertiary/aromatic N) is 2. The second kappa shape index (κ2) is 4.94. The fraction of sp³-hybridized carbons (Fsp3) is 0.538. The van der Waals surface area contributed by atoms with Gasteiger partial charge in [0.15, 0.2) is 0 Å². The van der Waals surface area contributed by atoms with Crippen molar-refractivity contribution in [1.29, 1.82) is 0 Å².